The Morgan fingerprint density at radius 1 is 1.00 bits per heavy atom. The fourth-order valence-electron chi connectivity index (χ4n) is 2.16. The highest BCUT2D eigenvalue weighted by Crippen LogP contribution is 2.29. The third kappa shape index (κ3) is 2.94. The molecule has 0 saturated heterocycles. The summed E-state index contributed by atoms with van der Waals surface area (Å²) < 4.78 is 11.0. The van der Waals surface area contributed by atoms with Gasteiger partial charge in [-0.05, 0) is 48.2 Å². The quantitative estimate of drug-likeness (QED) is 0.906. The van der Waals surface area contributed by atoms with Crippen molar-refractivity contribution in [1.29, 1.82) is 0 Å². The summed E-state index contributed by atoms with van der Waals surface area (Å²) in [6.45, 7) is 0. The molecule has 1 atom stereocenters. The lowest BCUT2D eigenvalue weighted by molar-refractivity contribution is 0.303. The van der Waals surface area contributed by atoms with E-state index in [0.717, 1.165) is 35.5 Å². The van der Waals surface area contributed by atoms with Gasteiger partial charge in [0, 0.05) is 0 Å². The standard InChI is InChI=1S/C17H19NO2/c1-19-14-7-5-12(6-8-14)17(18)13-3-2-4-16(11-13)20-15-9-10-15/h2-8,11,15,17H,9-10,18H2,1H3. The minimum Gasteiger partial charge on any atom is -0.497 e. The van der Waals surface area contributed by atoms with Crippen molar-refractivity contribution in [3.05, 3.63) is 59.7 Å². The number of hydrogen-bond acceptors (Lipinski definition) is 3. The maximum atomic E-state index is 6.33. The van der Waals surface area contributed by atoms with E-state index < -0.39 is 0 Å². The van der Waals surface area contributed by atoms with Crippen molar-refractivity contribution in [2.45, 2.75) is 25.0 Å². The lowest BCUT2D eigenvalue weighted by Gasteiger charge is -2.14. The molecule has 1 aliphatic carbocycles. The van der Waals surface area contributed by atoms with Crippen LogP contribution in [0.15, 0.2) is 48.5 Å². The number of benzene rings is 2. The van der Waals surface area contributed by atoms with Crippen LogP contribution in [0.25, 0.3) is 0 Å². The molecule has 0 heterocycles. The highest BCUT2D eigenvalue weighted by Gasteiger charge is 2.23. The van der Waals surface area contributed by atoms with Crippen LogP contribution in [-0.4, -0.2) is 13.2 Å². The van der Waals surface area contributed by atoms with Gasteiger partial charge in [-0.1, -0.05) is 24.3 Å². The zero-order chi connectivity index (χ0) is 13.9. The van der Waals surface area contributed by atoms with Crippen molar-refractivity contribution in [2.24, 2.45) is 5.73 Å². The van der Waals surface area contributed by atoms with Crippen LogP contribution in [0.1, 0.15) is 30.0 Å². The Hall–Kier alpha value is -2.00. The number of nitrogens with two attached hydrogens (primary N) is 1. The van der Waals surface area contributed by atoms with Crippen LogP contribution >= 0.6 is 0 Å². The van der Waals surface area contributed by atoms with Gasteiger partial charge in [0.05, 0.1) is 19.3 Å². The maximum absolute atomic E-state index is 6.33. The summed E-state index contributed by atoms with van der Waals surface area (Å²) in [6, 6.07) is 15.8. The minimum absolute atomic E-state index is 0.149. The van der Waals surface area contributed by atoms with E-state index in [1.54, 1.807) is 7.11 Å². The molecule has 0 radical (unpaired) electrons. The molecule has 2 aromatic rings. The van der Waals surface area contributed by atoms with Crippen molar-refractivity contribution < 1.29 is 9.47 Å². The highest BCUT2D eigenvalue weighted by atomic mass is 16.5. The molecule has 0 bridgehead atoms. The molecule has 104 valence electrons. The molecule has 0 amide bonds. The predicted molar refractivity (Wildman–Crippen MR) is 79.1 cm³/mol. The summed E-state index contributed by atoms with van der Waals surface area (Å²) in [5, 5.41) is 0. The van der Waals surface area contributed by atoms with E-state index in [0.29, 0.717) is 6.10 Å². The molecule has 2 N–H and O–H groups in total. The molecule has 0 aromatic heterocycles. The van der Waals surface area contributed by atoms with Gasteiger partial charge in [0.2, 0.25) is 0 Å². The highest BCUT2D eigenvalue weighted by molar-refractivity contribution is 5.38. The summed E-state index contributed by atoms with van der Waals surface area (Å²) in [5.41, 5.74) is 8.45. The first-order chi connectivity index (χ1) is 9.76. The molecule has 3 nitrogen and oxygen atoms in total. The average molecular weight is 269 g/mol. The molecule has 1 aliphatic rings. The summed E-state index contributed by atoms with van der Waals surface area (Å²) in [7, 11) is 1.66. The lowest BCUT2D eigenvalue weighted by Crippen LogP contribution is -2.12. The molecule has 1 unspecified atom stereocenters. The molecule has 0 aliphatic heterocycles. The normalized spacial score (nSPS) is 15.7. The molecule has 0 spiro atoms. The Balaban J connectivity index is 1.79. The SMILES string of the molecule is COc1ccc(C(N)c2cccc(OC3CC3)c2)cc1. The third-order valence-corrected chi connectivity index (χ3v) is 3.52. The van der Waals surface area contributed by atoms with Crippen molar-refractivity contribution in [1.82, 2.24) is 0 Å². The second-order valence-electron chi connectivity index (χ2n) is 5.14. The predicted octanol–water partition coefficient (Wildman–Crippen LogP) is 3.28. The van der Waals surface area contributed by atoms with Crippen LogP contribution < -0.4 is 15.2 Å². The van der Waals surface area contributed by atoms with Crippen LogP contribution in [0.2, 0.25) is 0 Å². The van der Waals surface area contributed by atoms with Crippen molar-refractivity contribution in [3.8, 4) is 11.5 Å². The van der Waals surface area contributed by atoms with Gasteiger partial charge in [-0.3, -0.25) is 0 Å². The molecule has 3 rings (SSSR count). The number of methoxy groups -OCH3 is 1. The number of rotatable bonds is 5. The van der Waals surface area contributed by atoms with Crippen molar-refractivity contribution in [3.63, 3.8) is 0 Å². The zero-order valence-electron chi connectivity index (χ0n) is 11.6. The van der Waals surface area contributed by atoms with Gasteiger partial charge >= 0.3 is 0 Å². The molecular formula is C17H19NO2. The Bertz CT molecular complexity index is 576. The van der Waals surface area contributed by atoms with Gasteiger partial charge in [0.25, 0.3) is 0 Å². The number of hydrogen-bond donors (Lipinski definition) is 1. The first-order valence-corrected chi connectivity index (χ1v) is 6.92. The fraction of sp³-hybridized carbons (Fsp3) is 0.294. The van der Waals surface area contributed by atoms with Gasteiger partial charge in [-0.2, -0.15) is 0 Å². The van der Waals surface area contributed by atoms with E-state index in [9.17, 15) is 0 Å². The van der Waals surface area contributed by atoms with Gasteiger partial charge in [-0.15, -0.1) is 0 Å². The zero-order valence-corrected chi connectivity index (χ0v) is 11.6. The second-order valence-corrected chi connectivity index (χ2v) is 5.14. The smallest absolute Gasteiger partial charge is 0.120 e. The molecular weight excluding hydrogens is 250 g/mol. The van der Waals surface area contributed by atoms with Crippen molar-refractivity contribution in [2.75, 3.05) is 7.11 Å². The van der Waals surface area contributed by atoms with Crippen LogP contribution in [0.3, 0.4) is 0 Å². The molecule has 1 saturated carbocycles. The maximum Gasteiger partial charge on any atom is 0.120 e. The lowest BCUT2D eigenvalue weighted by atomic mass is 9.99. The molecule has 2 aromatic carbocycles. The Morgan fingerprint density at radius 3 is 2.40 bits per heavy atom. The Morgan fingerprint density at radius 2 is 1.75 bits per heavy atom. The monoisotopic (exact) mass is 269 g/mol. The van der Waals surface area contributed by atoms with Crippen LogP contribution in [0.5, 0.6) is 11.5 Å². The fourth-order valence-corrected chi connectivity index (χ4v) is 2.16. The second kappa shape index (κ2) is 5.55. The first kappa shape index (κ1) is 13.0. The topological polar surface area (TPSA) is 44.5 Å². The largest absolute Gasteiger partial charge is 0.497 e. The Kier molecular flexibility index (Phi) is 3.61. The first-order valence-electron chi connectivity index (χ1n) is 6.92. The van der Waals surface area contributed by atoms with E-state index in [-0.39, 0.29) is 6.04 Å². The molecule has 3 heteroatoms. The van der Waals surface area contributed by atoms with E-state index in [4.69, 9.17) is 15.2 Å². The van der Waals surface area contributed by atoms with Crippen LogP contribution in [0, 0.1) is 0 Å². The Labute approximate surface area is 119 Å². The van der Waals surface area contributed by atoms with Gasteiger partial charge in [-0.25, -0.2) is 0 Å². The summed E-state index contributed by atoms with van der Waals surface area (Å²) in [5.74, 6) is 1.75. The van der Waals surface area contributed by atoms with Gasteiger partial charge < -0.3 is 15.2 Å². The molecule has 1 fully saturated rings. The van der Waals surface area contributed by atoms with E-state index in [1.807, 2.05) is 48.5 Å². The van der Waals surface area contributed by atoms with E-state index in [1.165, 1.54) is 0 Å². The minimum atomic E-state index is -0.149. The summed E-state index contributed by atoms with van der Waals surface area (Å²) in [6.07, 6.45) is 2.73. The van der Waals surface area contributed by atoms with E-state index in [2.05, 4.69) is 0 Å². The van der Waals surface area contributed by atoms with Crippen LogP contribution in [0.4, 0.5) is 0 Å². The number of ether oxygens (including phenoxy) is 2. The van der Waals surface area contributed by atoms with Crippen molar-refractivity contribution >= 4 is 0 Å². The van der Waals surface area contributed by atoms with Crippen LogP contribution in [-0.2, 0) is 0 Å². The summed E-state index contributed by atoms with van der Waals surface area (Å²) in [4.78, 5) is 0. The van der Waals surface area contributed by atoms with Gasteiger partial charge in [0.1, 0.15) is 11.5 Å². The molecule has 20 heavy (non-hydrogen) atoms. The van der Waals surface area contributed by atoms with E-state index >= 15 is 0 Å². The third-order valence-electron chi connectivity index (χ3n) is 3.52. The average Bonchev–Trinajstić information content (AvgIpc) is 3.31. The summed E-state index contributed by atoms with van der Waals surface area (Å²) >= 11 is 0. The van der Waals surface area contributed by atoms with Gasteiger partial charge in [0.15, 0.2) is 0 Å².